The van der Waals surface area contributed by atoms with Crippen molar-refractivity contribution >= 4 is 43.6 Å². The van der Waals surface area contributed by atoms with Crippen molar-refractivity contribution in [3.05, 3.63) is 175 Å². The average molecular weight is 690 g/mol. The summed E-state index contributed by atoms with van der Waals surface area (Å²) in [5, 5.41) is 24.2. The zero-order chi connectivity index (χ0) is 36.2. The molecule has 3 aromatic heterocycles. The molecule has 0 aliphatic heterocycles. The summed E-state index contributed by atoms with van der Waals surface area (Å²) in [5.41, 5.74) is 9.15. The van der Waals surface area contributed by atoms with Gasteiger partial charge >= 0.3 is 0 Å². The number of aromatic nitrogens is 5. The monoisotopic (exact) mass is 689 g/mol. The molecule has 0 aliphatic carbocycles. The van der Waals surface area contributed by atoms with E-state index >= 15 is 0 Å². The van der Waals surface area contributed by atoms with E-state index in [1.807, 2.05) is 78.9 Å². The first-order valence-electron chi connectivity index (χ1n) is 17.6. The molecule has 0 radical (unpaired) electrons. The van der Waals surface area contributed by atoms with Crippen molar-refractivity contribution in [2.24, 2.45) is 0 Å². The van der Waals surface area contributed by atoms with Gasteiger partial charge in [-0.1, -0.05) is 115 Å². The van der Waals surface area contributed by atoms with Gasteiger partial charge in [0.1, 0.15) is 0 Å². The molecule has 0 atom stereocenters. The van der Waals surface area contributed by atoms with Crippen LogP contribution >= 0.6 is 0 Å². The molecule has 0 spiro atoms. The predicted octanol–water partition coefficient (Wildman–Crippen LogP) is 10.8. The minimum Gasteiger partial charge on any atom is -0.309 e. The van der Waals surface area contributed by atoms with Gasteiger partial charge in [0.2, 0.25) is 5.95 Å². The van der Waals surface area contributed by atoms with Crippen molar-refractivity contribution in [3.8, 4) is 57.7 Å². The maximum Gasteiger partial charge on any atom is 0.238 e. The summed E-state index contributed by atoms with van der Waals surface area (Å²) in [4.78, 5) is 15.2. The molecule has 7 heteroatoms. The van der Waals surface area contributed by atoms with E-state index in [9.17, 15) is 10.5 Å². The van der Waals surface area contributed by atoms with Crippen LogP contribution in [0.1, 0.15) is 11.1 Å². The molecule has 54 heavy (non-hydrogen) atoms. The molecule has 0 unspecified atom stereocenters. The van der Waals surface area contributed by atoms with Gasteiger partial charge in [-0.25, -0.2) is 4.98 Å². The second-order valence-electron chi connectivity index (χ2n) is 13.1. The Bertz CT molecular complexity index is 3090. The number of fused-ring (bicyclic) bond motifs is 6. The van der Waals surface area contributed by atoms with Crippen LogP contribution in [0.5, 0.6) is 0 Å². The fourth-order valence-corrected chi connectivity index (χ4v) is 7.67. The van der Waals surface area contributed by atoms with Crippen LogP contribution in [0, 0.1) is 22.7 Å². The standard InChI is InChI=1S/C47H27N7/c48-28-33-18-11-19-34(29-49)44(33)32-17-12-20-35(25-32)53-40-23-9-7-21-36(40)38-27-43-39(26-42(38)53)37-22-8-10-24-41(37)54(43)47-51-45(30-13-3-1-4-14-30)50-46(52-47)31-15-5-2-6-16-31/h1-27H. The first kappa shape index (κ1) is 30.9. The number of nitriles is 2. The van der Waals surface area contributed by atoms with E-state index in [4.69, 9.17) is 15.0 Å². The van der Waals surface area contributed by atoms with E-state index in [-0.39, 0.29) is 0 Å². The minimum atomic E-state index is 0.465. The molecule has 0 amide bonds. The summed E-state index contributed by atoms with van der Waals surface area (Å²) >= 11 is 0. The normalized spacial score (nSPS) is 11.3. The summed E-state index contributed by atoms with van der Waals surface area (Å²) < 4.78 is 4.42. The lowest BCUT2D eigenvalue weighted by molar-refractivity contribution is 0.954. The van der Waals surface area contributed by atoms with E-state index in [2.05, 4.69) is 88.0 Å². The van der Waals surface area contributed by atoms with E-state index < -0.39 is 0 Å². The lowest BCUT2D eigenvalue weighted by Crippen LogP contribution is -2.06. The molecule has 0 bridgehead atoms. The fraction of sp³-hybridized carbons (Fsp3) is 0. The van der Waals surface area contributed by atoms with Crippen LogP contribution in [-0.4, -0.2) is 24.1 Å². The Labute approximate surface area is 309 Å². The van der Waals surface area contributed by atoms with Gasteiger partial charge in [-0.2, -0.15) is 20.5 Å². The summed E-state index contributed by atoms with van der Waals surface area (Å²) in [6, 6.07) is 59.2. The van der Waals surface area contributed by atoms with Gasteiger partial charge < -0.3 is 4.57 Å². The van der Waals surface area contributed by atoms with Gasteiger partial charge in [-0.3, -0.25) is 4.57 Å². The Hall–Kier alpha value is -7.87. The molecule has 7 aromatic carbocycles. The third-order valence-corrected chi connectivity index (χ3v) is 10.1. The molecule has 3 heterocycles. The maximum absolute atomic E-state index is 9.97. The summed E-state index contributed by atoms with van der Waals surface area (Å²) in [6.45, 7) is 0. The van der Waals surface area contributed by atoms with Crippen LogP contribution in [0.15, 0.2) is 164 Å². The third-order valence-electron chi connectivity index (χ3n) is 10.1. The largest absolute Gasteiger partial charge is 0.309 e. The molecule has 0 aliphatic rings. The summed E-state index contributed by atoms with van der Waals surface area (Å²) in [5.74, 6) is 1.73. The predicted molar refractivity (Wildman–Crippen MR) is 214 cm³/mol. The van der Waals surface area contributed by atoms with E-state index in [1.54, 1.807) is 18.2 Å². The van der Waals surface area contributed by atoms with Crippen LogP contribution in [0.3, 0.4) is 0 Å². The van der Waals surface area contributed by atoms with E-state index in [0.29, 0.717) is 34.3 Å². The first-order valence-corrected chi connectivity index (χ1v) is 17.6. The maximum atomic E-state index is 9.97. The van der Waals surface area contributed by atoms with Crippen molar-refractivity contribution < 1.29 is 0 Å². The first-order chi connectivity index (χ1) is 26.7. The molecule has 0 saturated carbocycles. The Balaban J connectivity index is 1.26. The van der Waals surface area contributed by atoms with Crippen LogP contribution in [0.4, 0.5) is 0 Å². The Morgan fingerprint density at radius 1 is 0.389 bits per heavy atom. The second kappa shape index (κ2) is 12.4. The highest BCUT2D eigenvalue weighted by Crippen LogP contribution is 2.40. The van der Waals surface area contributed by atoms with Crippen molar-refractivity contribution in [1.29, 1.82) is 10.5 Å². The van der Waals surface area contributed by atoms with Gasteiger partial charge in [0.25, 0.3) is 0 Å². The Kier molecular flexibility index (Phi) is 7.11. The van der Waals surface area contributed by atoms with Crippen molar-refractivity contribution in [2.75, 3.05) is 0 Å². The molecule has 0 N–H and O–H groups in total. The molecule has 0 saturated heterocycles. The summed E-state index contributed by atoms with van der Waals surface area (Å²) in [6.07, 6.45) is 0. The fourth-order valence-electron chi connectivity index (χ4n) is 7.67. The quantitative estimate of drug-likeness (QED) is 0.179. The highest BCUT2D eigenvalue weighted by Gasteiger charge is 2.21. The van der Waals surface area contributed by atoms with Gasteiger partial charge in [0.15, 0.2) is 11.6 Å². The zero-order valence-corrected chi connectivity index (χ0v) is 28.7. The van der Waals surface area contributed by atoms with E-state index in [0.717, 1.165) is 66.0 Å². The highest BCUT2D eigenvalue weighted by molar-refractivity contribution is 6.19. The number of hydrogen-bond donors (Lipinski definition) is 0. The molecule has 10 aromatic rings. The highest BCUT2D eigenvalue weighted by atomic mass is 15.2. The minimum absolute atomic E-state index is 0.465. The third kappa shape index (κ3) is 4.85. The number of nitrogens with zero attached hydrogens (tertiary/aromatic N) is 7. The molecular formula is C47H27N7. The van der Waals surface area contributed by atoms with Gasteiger partial charge in [0.05, 0.1) is 45.3 Å². The molecule has 10 rings (SSSR count). The van der Waals surface area contributed by atoms with Crippen molar-refractivity contribution in [2.45, 2.75) is 0 Å². The molecular weight excluding hydrogens is 663 g/mol. The SMILES string of the molecule is N#Cc1cccc(C#N)c1-c1cccc(-n2c3ccccc3c3cc4c(cc32)c2ccccc2n4-c2nc(-c3ccccc3)nc(-c3ccccc3)n2)c1. The topological polar surface area (TPSA) is 96.1 Å². The number of para-hydroxylation sites is 2. The Morgan fingerprint density at radius 3 is 1.44 bits per heavy atom. The van der Waals surface area contributed by atoms with Crippen LogP contribution < -0.4 is 0 Å². The lowest BCUT2D eigenvalue weighted by atomic mass is 9.95. The number of benzene rings is 7. The zero-order valence-electron chi connectivity index (χ0n) is 28.7. The van der Waals surface area contributed by atoms with Crippen LogP contribution in [0.2, 0.25) is 0 Å². The smallest absolute Gasteiger partial charge is 0.238 e. The second-order valence-corrected chi connectivity index (χ2v) is 13.1. The van der Waals surface area contributed by atoms with Crippen molar-refractivity contribution in [3.63, 3.8) is 0 Å². The number of hydrogen-bond acceptors (Lipinski definition) is 5. The Morgan fingerprint density at radius 2 is 0.870 bits per heavy atom. The average Bonchev–Trinajstić information content (AvgIpc) is 3.75. The van der Waals surface area contributed by atoms with Gasteiger partial charge in [-0.05, 0) is 54.1 Å². The van der Waals surface area contributed by atoms with Crippen LogP contribution in [0.25, 0.3) is 89.2 Å². The lowest BCUT2D eigenvalue weighted by Gasteiger charge is -2.12. The molecule has 250 valence electrons. The van der Waals surface area contributed by atoms with Crippen molar-refractivity contribution in [1.82, 2.24) is 24.1 Å². The number of rotatable bonds is 5. The molecule has 7 nitrogen and oxygen atoms in total. The van der Waals surface area contributed by atoms with Gasteiger partial charge in [0, 0.05) is 43.9 Å². The summed E-state index contributed by atoms with van der Waals surface area (Å²) in [7, 11) is 0. The molecule has 0 fully saturated rings. The van der Waals surface area contributed by atoms with Crippen LogP contribution in [-0.2, 0) is 0 Å². The van der Waals surface area contributed by atoms with E-state index in [1.165, 1.54) is 0 Å². The van der Waals surface area contributed by atoms with Gasteiger partial charge in [-0.15, -0.1) is 0 Å².